The van der Waals surface area contributed by atoms with Crippen molar-refractivity contribution in [1.82, 2.24) is 10.2 Å². The quantitative estimate of drug-likeness (QED) is 0.908. The maximum Gasteiger partial charge on any atom is 0.233 e. The van der Waals surface area contributed by atoms with Crippen molar-refractivity contribution in [2.45, 2.75) is 20.3 Å². The van der Waals surface area contributed by atoms with E-state index in [0.717, 1.165) is 16.9 Å². The Morgan fingerprint density at radius 3 is 2.70 bits per heavy atom. The molecule has 1 amide bonds. The molecule has 0 radical (unpaired) electrons. The van der Waals surface area contributed by atoms with Gasteiger partial charge in [0.2, 0.25) is 11.8 Å². The normalized spacial score (nSPS) is 10.1. The molecule has 0 saturated heterocycles. The van der Waals surface area contributed by atoms with Gasteiger partial charge in [-0.05, 0) is 25.1 Å². The number of nitrogens with zero attached hydrogens (tertiary/aromatic N) is 2. The van der Waals surface area contributed by atoms with E-state index >= 15 is 0 Å². The number of aromatic nitrogens is 2. The van der Waals surface area contributed by atoms with E-state index in [2.05, 4.69) is 15.5 Å². The van der Waals surface area contributed by atoms with Gasteiger partial charge in [-0.15, -0.1) is 10.2 Å². The van der Waals surface area contributed by atoms with E-state index in [0.29, 0.717) is 18.9 Å². The van der Waals surface area contributed by atoms with E-state index in [9.17, 15) is 4.79 Å². The van der Waals surface area contributed by atoms with E-state index in [1.54, 1.807) is 6.07 Å². The highest BCUT2D eigenvalue weighted by molar-refractivity contribution is 5.91. The second-order valence-corrected chi connectivity index (χ2v) is 4.17. The molecule has 0 fully saturated rings. The van der Waals surface area contributed by atoms with Crippen molar-refractivity contribution in [3.63, 3.8) is 0 Å². The average molecular weight is 271 g/mol. The summed E-state index contributed by atoms with van der Waals surface area (Å²) in [4.78, 5) is 11.4. The van der Waals surface area contributed by atoms with Crippen LogP contribution in [0.2, 0.25) is 0 Å². The van der Waals surface area contributed by atoms with Gasteiger partial charge in [0, 0.05) is 23.7 Å². The van der Waals surface area contributed by atoms with E-state index in [4.69, 9.17) is 4.74 Å². The molecular weight excluding hydrogens is 254 g/mol. The summed E-state index contributed by atoms with van der Waals surface area (Å²) in [7, 11) is 0. The van der Waals surface area contributed by atoms with Crippen LogP contribution in [0.25, 0.3) is 11.3 Å². The summed E-state index contributed by atoms with van der Waals surface area (Å²) < 4.78 is 5.26. The zero-order chi connectivity index (χ0) is 14.4. The number of amides is 1. The smallest absolute Gasteiger partial charge is 0.233 e. The molecule has 0 saturated carbocycles. The van der Waals surface area contributed by atoms with E-state index in [-0.39, 0.29) is 5.91 Å². The predicted octanol–water partition coefficient (Wildman–Crippen LogP) is 2.89. The Morgan fingerprint density at radius 1 is 1.20 bits per heavy atom. The van der Waals surface area contributed by atoms with Crippen LogP contribution in [0.5, 0.6) is 5.88 Å². The highest BCUT2D eigenvalue weighted by atomic mass is 16.5. The molecule has 5 heteroatoms. The predicted molar refractivity (Wildman–Crippen MR) is 77.6 cm³/mol. The van der Waals surface area contributed by atoms with Crippen molar-refractivity contribution in [2.75, 3.05) is 11.9 Å². The first-order chi connectivity index (χ1) is 9.72. The summed E-state index contributed by atoms with van der Waals surface area (Å²) in [6, 6.07) is 11.1. The molecule has 5 nitrogen and oxygen atoms in total. The maximum atomic E-state index is 11.4. The Hall–Kier alpha value is -2.43. The molecule has 1 heterocycles. The number of rotatable bonds is 5. The largest absolute Gasteiger partial charge is 0.477 e. The summed E-state index contributed by atoms with van der Waals surface area (Å²) in [5, 5.41) is 10.9. The van der Waals surface area contributed by atoms with Gasteiger partial charge >= 0.3 is 0 Å². The van der Waals surface area contributed by atoms with Crippen molar-refractivity contribution in [2.24, 2.45) is 0 Å². The molecule has 20 heavy (non-hydrogen) atoms. The molecule has 1 N–H and O–H groups in total. The number of carbonyl (C=O) groups is 1. The number of nitrogens with one attached hydrogen (secondary N) is 1. The third-order valence-electron chi connectivity index (χ3n) is 2.70. The molecule has 0 atom stereocenters. The van der Waals surface area contributed by atoms with E-state index in [1.165, 1.54) is 0 Å². The Balaban J connectivity index is 2.19. The third-order valence-corrected chi connectivity index (χ3v) is 2.70. The third kappa shape index (κ3) is 3.54. The first-order valence-corrected chi connectivity index (χ1v) is 6.59. The van der Waals surface area contributed by atoms with Crippen molar-refractivity contribution in [1.29, 1.82) is 0 Å². The van der Waals surface area contributed by atoms with Gasteiger partial charge in [0.25, 0.3) is 0 Å². The van der Waals surface area contributed by atoms with Crippen LogP contribution in [0.4, 0.5) is 5.69 Å². The van der Waals surface area contributed by atoms with Crippen molar-refractivity contribution >= 4 is 11.6 Å². The Bertz CT molecular complexity index is 582. The minimum Gasteiger partial charge on any atom is -0.477 e. The second kappa shape index (κ2) is 6.65. The first kappa shape index (κ1) is 14.0. The molecule has 2 aromatic rings. The van der Waals surface area contributed by atoms with Gasteiger partial charge in [0.1, 0.15) is 0 Å². The minimum absolute atomic E-state index is 0.0140. The van der Waals surface area contributed by atoms with E-state index in [1.807, 2.05) is 44.2 Å². The maximum absolute atomic E-state index is 11.4. The van der Waals surface area contributed by atoms with Crippen LogP contribution in [0.15, 0.2) is 36.4 Å². The van der Waals surface area contributed by atoms with Crippen LogP contribution in [0.3, 0.4) is 0 Å². The topological polar surface area (TPSA) is 64.1 Å². The molecule has 0 aliphatic heterocycles. The first-order valence-electron chi connectivity index (χ1n) is 6.59. The SMILES string of the molecule is CCOc1ccc(-c2cccc(NC(=O)CC)c2)nn1. The van der Waals surface area contributed by atoms with Crippen molar-refractivity contribution in [3.05, 3.63) is 36.4 Å². The zero-order valence-electron chi connectivity index (χ0n) is 11.6. The summed E-state index contributed by atoms with van der Waals surface area (Å²) in [6.07, 6.45) is 0.451. The lowest BCUT2D eigenvalue weighted by Crippen LogP contribution is -2.09. The lowest BCUT2D eigenvalue weighted by Gasteiger charge is -2.06. The van der Waals surface area contributed by atoms with Crippen LogP contribution in [0, 0.1) is 0 Å². The second-order valence-electron chi connectivity index (χ2n) is 4.17. The summed E-state index contributed by atoms with van der Waals surface area (Å²) >= 11 is 0. The number of anilines is 1. The molecule has 0 aliphatic carbocycles. The van der Waals surface area contributed by atoms with Crippen LogP contribution in [0.1, 0.15) is 20.3 Å². The number of hydrogen-bond acceptors (Lipinski definition) is 4. The molecular formula is C15H17N3O2. The molecule has 1 aromatic heterocycles. The molecule has 2 rings (SSSR count). The zero-order valence-corrected chi connectivity index (χ0v) is 11.6. The molecule has 1 aromatic carbocycles. The number of hydrogen-bond donors (Lipinski definition) is 1. The Kier molecular flexibility index (Phi) is 4.65. The van der Waals surface area contributed by atoms with Gasteiger partial charge in [-0.2, -0.15) is 0 Å². The van der Waals surface area contributed by atoms with Crippen LogP contribution in [-0.4, -0.2) is 22.7 Å². The molecule has 0 aliphatic rings. The van der Waals surface area contributed by atoms with Gasteiger partial charge in [0.15, 0.2) is 0 Å². The minimum atomic E-state index is -0.0140. The van der Waals surface area contributed by atoms with Gasteiger partial charge in [-0.1, -0.05) is 19.1 Å². The highest BCUT2D eigenvalue weighted by Crippen LogP contribution is 2.21. The van der Waals surface area contributed by atoms with Gasteiger partial charge in [0.05, 0.1) is 12.3 Å². The summed E-state index contributed by atoms with van der Waals surface area (Å²) in [5.41, 5.74) is 2.39. The average Bonchev–Trinajstić information content (AvgIpc) is 2.48. The monoisotopic (exact) mass is 271 g/mol. The lowest BCUT2D eigenvalue weighted by molar-refractivity contribution is -0.115. The van der Waals surface area contributed by atoms with Crippen molar-refractivity contribution in [3.8, 4) is 17.1 Å². The highest BCUT2D eigenvalue weighted by Gasteiger charge is 2.04. The molecule has 0 bridgehead atoms. The fraction of sp³-hybridized carbons (Fsp3) is 0.267. The summed E-state index contributed by atoms with van der Waals surface area (Å²) in [5.74, 6) is 0.492. The molecule has 104 valence electrons. The molecule has 0 unspecified atom stereocenters. The van der Waals surface area contributed by atoms with Gasteiger partial charge in [-0.3, -0.25) is 4.79 Å². The standard InChI is InChI=1S/C15H17N3O2/c1-3-14(19)16-12-7-5-6-11(10-12)13-8-9-15(18-17-13)20-4-2/h5-10H,3-4H2,1-2H3,(H,16,19). The number of carbonyl (C=O) groups excluding carboxylic acids is 1. The van der Waals surface area contributed by atoms with Gasteiger partial charge < -0.3 is 10.1 Å². The Morgan fingerprint density at radius 2 is 2.05 bits per heavy atom. The summed E-state index contributed by atoms with van der Waals surface area (Å²) in [6.45, 7) is 4.28. The van der Waals surface area contributed by atoms with E-state index < -0.39 is 0 Å². The van der Waals surface area contributed by atoms with Gasteiger partial charge in [-0.25, -0.2) is 0 Å². The Labute approximate surface area is 118 Å². The van der Waals surface area contributed by atoms with Crippen LogP contribution in [-0.2, 0) is 4.79 Å². The van der Waals surface area contributed by atoms with Crippen LogP contribution >= 0.6 is 0 Å². The number of benzene rings is 1. The molecule has 0 spiro atoms. The van der Waals surface area contributed by atoms with Crippen LogP contribution < -0.4 is 10.1 Å². The lowest BCUT2D eigenvalue weighted by atomic mass is 10.1. The number of ether oxygens (including phenoxy) is 1. The van der Waals surface area contributed by atoms with Crippen molar-refractivity contribution < 1.29 is 9.53 Å². The fourth-order valence-corrected chi connectivity index (χ4v) is 1.70. The fourth-order valence-electron chi connectivity index (χ4n) is 1.70.